The average Bonchev–Trinajstić information content (AvgIpc) is 2.93. The van der Waals surface area contributed by atoms with Gasteiger partial charge in [-0.1, -0.05) is 87.6 Å². The molecule has 4 aromatic rings. The van der Waals surface area contributed by atoms with Crippen molar-refractivity contribution in [3.63, 3.8) is 0 Å². The maximum Gasteiger partial charge on any atom is 0.305 e. The molecule has 3 N–H and O–H groups in total. The molecule has 0 saturated carbocycles. The van der Waals surface area contributed by atoms with Crippen molar-refractivity contribution in [2.75, 3.05) is 0 Å². The highest BCUT2D eigenvalue weighted by Crippen LogP contribution is 2.40. The van der Waals surface area contributed by atoms with Crippen LogP contribution in [0.4, 0.5) is 4.39 Å². The third kappa shape index (κ3) is 8.44. The monoisotopic (exact) mass is 605 g/mol. The highest BCUT2D eigenvalue weighted by molar-refractivity contribution is 7.99. The second kappa shape index (κ2) is 14.3. The maximum absolute atomic E-state index is 15.6. The van der Waals surface area contributed by atoms with E-state index in [0.717, 1.165) is 14.7 Å². The first kappa shape index (κ1) is 31.8. The van der Waals surface area contributed by atoms with Crippen LogP contribution in [0.3, 0.4) is 0 Å². The summed E-state index contributed by atoms with van der Waals surface area (Å²) in [6, 6.07) is 19.7. The van der Waals surface area contributed by atoms with Crippen LogP contribution in [-0.4, -0.2) is 38.5 Å². The van der Waals surface area contributed by atoms with Gasteiger partial charge in [-0.15, -0.1) is 0 Å². The lowest BCUT2D eigenvalue weighted by Crippen LogP contribution is -2.19. The summed E-state index contributed by atoms with van der Waals surface area (Å²) in [5, 5.41) is 29.8. The minimum Gasteiger partial charge on any atom is -0.481 e. The molecule has 0 spiro atoms. The fourth-order valence-corrected chi connectivity index (χ4v) is 6.31. The Kier molecular flexibility index (Phi) is 10.8. The second-order valence-electron chi connectivity index (χ2n) is 10.9. The quantitative estimate of drug-likeness (QED) is 0.149. The number of pyridine rings is 1. The van der Waals surface area contributed by atoms with Gasteiger partial charge in [-0.25, -0.2) is 4.39 Å². The minimum atomic E-state index is -1.17. The fraction of sp³-hybridized carbons (Fsp3) is 0.294. The Morgan fingerprint density at radius 3 is 2.02 bits per heavy atom. The lowest BCUT2D eigenvalue weighted by Gasteiger charge is -2.14. The molecule has 5 nitrogen and oxygen atoms in total. The highest BCUT2D eigenvalue weighted by Gasteiger charge is 2.16. The van der Waals surface area contributed by atoms with E-state index in [1.165, 1.54) is 46.8 Å². The van der Waals surface area contributed by atoms with Crippen molar-refractivity contribution in [3.8, 4) is 0 Å². The molecular weight excluding hydrogens is 570 g/mol. The zero-order valence-corrected chi connectivity index (χ0v) is 25.8. The third-order valence-corrected chi connectivity index (χ3v) is 9.07. The van der Waals surface area contributed by atoms with Crippen LogP contribution in [-0.2, 0) is 4.79 Å². The Labute approximate surface area is 254 Å². The average molecular weight is 606 g/mol. The number of fused-ring (bicyclic) bond motifs is 1. The summed E-state index contributed by atoms with van der Waals surface area (Å²) < 4.78 is 15.6. The van der Waals surface area contributed by atoms with Gasteiger partial charge in [0.2, 0.25) is 0 Å². The van der Waals surface area contributed by atoms with Gasteiger partial charge < -0.3 is 15.3 Å². The molecule has 2 atom stereocenters. The van der Waals surface area contributed by atoms with Gasteiger partial charge in [0, 0.05) is 38.3 Å². The second-order valence-corrected chi connectivity index (χ2v) is 13.1. The molecule has 0 radical (unpaired) electrons. The summed E-state index contributed by atoms with van der Waals surface area (Å²) >= 11 is 2.84. The van der Waals surface area contributed by atoms with Gasteiger partial charge in [-0.3, -0.25) is 9.78 Å². The summed E-state index contributed by atoms with van der Waals surface area (Å²) in [5.74, 6) is -0.667. The van der Waals surface area contributed by atoms with Gasteiger partial charge in [-0.2, -0.15) is 0 Å². The summed E-state index contributed by atoms with van der Waals surface area (Å²) in [6.07, 6.45) is 2.09. The van der Waals surface area contributed by atoms with Crippen LogP contribution < -0.4 is 0 Å². The molecule has 220 valence electrons. The van der Waals surface area contributed by atoms with Crippen LogP contribution in [0.15, 0.2) is 92.5 Å². The smallest absolute Gasteiger partial charge is 0.305 e. The highest BCUT2D eigenvalue weighted by atomic mass is 32.2. The van der Waals surface area contributed by atoms with E-state index in [2.05, 4.69) is 56.9 Å². The lowest BCUT2D eigenvalue weighted by molar-refractivity contribution is -0.139. The van der Waals surface area contributed by atoms with Crippen molar-refractivity contribution in [2.45, 2.75) is 84.2 Å². The van der Waals surface area contributed by atoms with Crippen LogP contribution >= 0.6 is 23.5 Å². The van der Waals surface area contributed by atoms with E-state index in [1.807, 2.05) is 24.3 Å². The molecule has 0 amide bonds. The molecule has 0 aliphatic heterocycles. The lowest BCUT2D eigenvalue weighted by atomic mass is 10.0. The summed E-state index contributed by atoms with van der Waals surface area (Å²) in [5.41, 5.74) is 3.77. The van der Waals surface area contributed by atoms with Crippen molar-refractivity contribution < 1.29 is 24.5 Å². The molecule has 0 bridgehead atoms. The summed E-state index contributed by atoms with van der Waals surface area (Å²) in [6.45, 7) is 8.55. The fourth-order valence-electron chi connectivity index (χ4n) is 4.44. The van der Waals surface area contributed by atoms with Gasteiger partial charge >= 0.3 is 5.97 Å². The molecule has 0 aliphatic rings. The number of hydrogen-bond acceptors (Lipinski definition) is 6. The van der Waals surface area contributed by atoms with Crippen molar-refractivity contribution in [3.05, 3.63) is 95.4 Å². The van der Waals surface area contributed by atoms with Crippen LogP contribution in [0.25, 0.3) is 17.0 Å². The van der Waals surface area contributed by atoms with Crippen molar-refractivity contribution in [1.29, 1.82) is 0 Å². The number of aliphatic hydroxyl groups excluding tert-OH is 2. The van der Waals surface area contributed by atoms with E-state index in [4.69, 9.17) is 5.11 Å². The Morgan fingerprint density at radius 1 is 0.905 bits per heavy atom. The Morgan fingerprint density at radius 2 is 1.48 bits per heavy atom. The topological polar surface area (TPSA) is 90.7 Å². The van der Waals surface area contributed by atoms with Gasteiger partial charge in [0.15, 0.2) is 0 Å². The van der Waals surface area contributed by atoms with Crippen molar-refractivity contribution in [1.82, 2.24) is 4.98 Å². The van der Waals surface area contributed by atoms with E-state index in [-0.39, 0.29) is 12.2 Å². The number of aromatic nitrogens is 1. The minimum absolute atomic E-state index is 0.115. The molecule has 1 heterocycles. The molecule has 0 saturated heterocycles. The van der Waals surface area contributed by atoms with Gasteiger partial charge in [0.25, 0.3) is 0 Å². The molecule has 0 unspecified atom stereocenters. The first-order valence-electron chi connectivity index (χ1n) is 13.9. The maximum atomic E-state index is 15.6. The number of nitrogens with zero attached hydrogens (tertiary/aromatic N) is 1. The standard InChI is InChI=1S/C34H36FNO4S2/c1-20(2)22-6-11-27(12-7-22)41-32-18-31-29(17-30(32)35)34(42-28-13-8-23(9-14-28)21(3)4)24(19-36-31)5-10-25(37)15-26(38)16-33(39)40/h5-14,17-21,25-26,37-38H,15-16H2,1-4H3,(H,39,40)/b10-5+/t25-,26-/m1/s1. The number of carbonyl (C=O) groups is 1. The van der Waals surface area contributed by atoms with E-state index in [9.17, 15) is 15.0 Å². The Balaban J connectivity index is 1.69. The van der Waals surface area contributed by atoms with Crippen LogP contribution in [0.5, 0.6) is 0 Å². The van der Waals surface area contributed by atoms with Gasteiger partial charge in [0.1, 0.15) is 5.82 Å². The summed E-state index contributed by atoms with van der Waals surface area (Å²) in [7, 11) is 0. The Hall–Kier alpha value is -3.17. The zero-order valence-electron chi connectivity index (χ0n) is 24.1. The van der Waals surface area contributed by atoms with E-state index in [1.54, 1.807) is 18.3 Å². The molecule has 8 heteroatoms. The predicted molar refractivity (Wildman–Crippen MR) is 169 cm³/mol. The predicted octanol–water partition coefficient (Wildman–Crippen LogP) is 8.52. The molecule has 3 aromatic carbocycles. The molecule has 4 rings (SSSR count). The van der Waals surface area contributed by atoms with E-state index in [0.29, 0.717) is 33.2 Å². The molecule has 0 fully saturated rings. The number of carboxylic acid groups (broad SMARTS) is 1. The first-order chi connectivity index (χ1) is 20.0. The van der Waals surface area contributed by atoms with Crippen molar-refractivity contribution >= 4 is 46.5 Å². The summed E-state index contributed by atoms with van der Waals surface area (Å²) in [4.78, 5) is 18.7. The third-order valence-electron chi connectivity index (χ3n) is 6.86. The van der Waals surface area contributed by atoms with Crippen LogP contribution in [0, 0.1) is 5.82 Å². The number of benzene rings is 3. The van der Waals surface area contributed by atoms with Gasteiger partial charge in [-0.05, 0) is 59.4 Å². The molecule has 0 aliphatic carbocycles. The van der Waals surface area contributed by atoms with Crippen LogP contribution in [0.1, 0.15) is 69.1 Å². The largest absolute Gasteiger partial charge is 0.481 e. The van der Waals surface area contributed by atoms with Crippen LogP contribution in [0.2, 0.25) is 0 Å². The number of rotatable bonds is 12. The van der Waals surface area contributed by atoms with E-state index < -0.39 is 24.6 Å². The Bertz CT molecular complexity index is 1550. The number of hydrogen-bond donors (Lipinski definition) is 3. The van der Waals surface area contributed by atoms with E-state index >= 15 is 4.39 Å². The number of carboxylic acids is 1. The normalized spacial score (nSPS) is 13.4. The van der Waals surface area contributed by atoms with Gasteiger partial charge in [0.05, 0.1) is 29.0 Å². The zero-order chi connectivity index (χ0) is 30.4. The number of aliphatic carboxylic acids is 1. The number of aliphatic hydroxyl groups is 2. The first-order valence-corrected chi connectivity index (χ1v) is 15.6. The molecular formula is C34H36FNO4S2. The number of halogens is 1. The van der Waals surface area contributed by atoms with Crippen molar-refractivity contribution in [2.24, 2.45) is 0 Å². The SMILES string of the molecule is CC(C)c1ccc(Sc2cc3ncc(/C=C/[C@@H](O)C[C@@H](O)CC(=O)O)c(Sc4ccc(C(C)C)cc4)c3cc2F)cc1. The molecule has 42 heavy (non-hydrogen) atoms. The molecule has 1 aromatic heterocycles.